The van der Waals surface area contributed by atoms with Crippen LogP contribution in [0.4, 0.5) is 0 Å². The molecular weight excluding hydrogens is 272 g/mol. The molecule has 0 radical (unpaired) electrons. The summed E-state index contributed by atoms with van der Waals surface area (Å²) in [7, 11) is 0. The summed E-state index contributed by atoms with van der Waals surface area (Å²) in [4.78, 5) is 21.5. The zero-order valence-corrected chi connectivity index (χ0v) is 11.8. The summed E-state index contributed by atoms with van der Waals surface area (Å²) < 4.78 is 1.93. The van der Waals surface area contributed by atoms with Gasteiger partial charge in [-0.15, -0.1) is 11.3 Å². The number of pyridine rings is 1. The van der Waals surface area contributed by atoms with Gasteiger partial charge in [-0.3, -0.25) is 14.2 Å². The summed E-state index contributed by atoms with van der Waals surface area (Å²) in [6, 6.07) is 5.56. The van der Waals surface area contributed by atoms with E-state index in [2.05, 4.69) is 15.3 Å². The quantitative estimate of drug-likeness (QED) is 0.800. The normalized spacial score (nSPS) is 12.4. The zero-order valence-electron chi connectivity index (χ0n) is 11.0. The molecule has 0 bridgehead atoms. The standard InChI is InChI=1S/C14H14N4OS/c1-10(12-4-2-3-5-15-12)16-13(19)8-11-9-18-6-7-20-14(18)17-11/h2-7,9-10H,8H2,1H3,(H,16,19). The van der Waals surface area contributed by atoms with Crippen molar-refractivity contribution in [2.24, 2.45) is 0 Å². The van der Waals surface area contributed by atoms with Gasteiger partial charge in [0.1, 0.15) is 0 Å². The van der Waals surface area contributed by atoms with Crippen LogP contribution in [0.25, 0.3) is 4.96 Å². The lowest BCUT2D eigenvalue weighted by atomic mass is 10.2. The van der Waals surface area contributed by atoms with Crippen LogP contribution in [0.1, 0.15) is 24.4 Å². The topological polar surface area (TPSA) is 59.3 Å². The number of hydrogen-bond acceptors (Lipinski definition) is 4. The van der Waals surface area contributed by atoms with Crippen LogP contribution in [0.2, 0.25) is 0 Å². The summed E-state index contributed by atoms with van der Waals surface area (Å²) in [6.45, 7) is 1.92. The summed E-state index contributed by atoms with van der Waals surface area (Å²) >= 11 is 1.56. The van der Waals surface area contributed by atoms with E-state index in [0.717, 1.165) is 16.3 Å². The molecule has 0 aromatic carbocycles. The molecule has 0 aliphatic heterocycles. The van der Waals surface area contributed by atoms with Crippen LogP contribution in [-0.4, -0.2) is 20.3 Å². The Hall–Kier alpha value is -2.21. The maximum Gasteiger partial charge on any atom is 0.226 e. The molecule has 1 atom stereocenters. The molecule has 1 amide bonds. The Labute approximate surface area is 120 Å². The van der Waals surface area contributed by atoms with Crippen molar-refractivity contribution in [1.82, 2.24) is 19.7 Å². The van der Waals surface area contributed by atoms with Gasteiger partial charge in [-0.1, -0.05) is 6.07 Å². The van der Waals surface area contributed by atoms with E-state index in [9.17, 15) is 4.79 Å². The first kappa shape index (κ1) is 12.8. The highest BCUT2D eigenvalue weighted by Crippen LogP contribution is 2.12. The molecule has 3 aromatic rings. The predicted octanol–water partition coefficient (Wildman–Crippen LogP) is 2.21. The van der Waals surface area contributed by atoms with Crippen LogP contribution < -0.4 is 5.32 Å². The maximum atomic E-state index is 12.0. The van der Waals surface area contributed by atoms with Crippen LogP contribution in [-0.2, 0) is 11.2 Å². The zero-order chi connectivity index (χ0) is 13.9. The van der Waals surface area contributed by atoms with E-state index >= 15 is 0 Å². The smallest absolute Gasteiger partial charge is 0.226 e. The number of imidazole rings is 1. The Morgan fingerprint density at radius 2 is 2.40 bits per heavy atom. The van der Waals surface area contributed by atoms with Gasteiger partial charge in [0.15, 0.2) is 4.96 Å². The number of nitrogens with zero attached hydrogens (tertiary/aromatic N) is 3. The van der Waals surface area contributed by atoms with Crippen LogP contribution in [0, 0.1) is 0 Å². The fourth-order valence-electron chi connectivity index (χ4n) is 2.02. The van der Waals surface area contributed by atoms with Crippen LogP contribution in [0.3, 0.4) is 0 Å². The van der Waals surface area contributed by atoms with Crippen molar-refractivity contribution in [3.63, 3.8) is 0 Å². The molecular formula is C14H14N4OS. The highest BCUT2D eigenvalue weighted by Gasteiger charge is 2.12. The fraction of sp³-hybridized carbons (Fsp3) is 0.214. The Morgan fingerprint density at radius 1 is 1.50 bits per heavy atom. The van der Waals surface area contributed by atoms with Crippen LogP contribution in [0.5, 0.6) is 0 Å². The number of rotatable bonds is 4. The van der Waals surface area contributed by atoms with E-state index in [-0.39, 0.29) is 18.4 Å². The SMILES string of the molecule is CC(NC(=O)Cc1cn2ccsc2n1)c1ccccn1. The van der Waals surface area contributed by atoms with E-state index in [0.29, 0.717) is 0 Å². The Bertz CT molecular complexity index is 690. The van der Waals surface area contributed by atoms with Gasteiger partial charge in [0.05, 0.1) is 23.9 Å². The molecule has 3 rings (SSSR count). The predicted molar refractivity (Wildman–Crippen MR) is 77.6 cm³/mol. The molecule has 3 heterocycles. The molecule has 6 heteroatoms. The molecule has 5 nitrogen and oxygen atoms in total. The molecule has 0 spiro atoms. The largest absolute Gasteiger partial charge is 0.348 e. The first-order valence-electron chi connectivity index (χ1n) is 6.34. The number of amides is 1. The summed E-state index contributed by atoms with van der Waals surface area (Å²) in [5, 5.41) is 4.90. The third kappa shape index (κ3) is 2.70. The number of nitrogens with one attached hydrogen (secondary N) is 1. The lowest BCUT2D eigenvalue weighted by Crippen LogP contribution is -2.28. The molecule has 0 aliphatic rings. The van der Waals surface area contributed by atoms with E-state index in [1.54, 1.807) is 17.5 Å². The summed E-state index contributed by atoms with van der Waals surface area (Å²) in [5.74, 6) is -0.0473. The van der Waals surface area contributed by atoms with Crippen molar-refractivity contribution in [3.05, 3.63) is 53.6 Å². The number of carbonyl (C=O) groups is 1. The van der Waals surface area contributed by atoms with Crippen molar-refractivity contribution >= 4 is 22.2 Å². The van der Waals surface area contributed by atoms with E-state index in [1.807, 2.05) is 47.3 Å². The number of fused-ring (bicyclic) bond motifs is 1. The van der Waals surface area contributed by atoms with E-state index < -0.39 is 0 Å². The molecule has 0 saturated carbocycles. The Morgan fingerprint density at radius 3 is 3.15 bits per heavy atom. The third-order valence-corrected chi connectivity index (χ3v) is 3.76. The molecule has 3 aromatic heterocycles. The minimum Gasteiger partial charge on any atom is -0.348 e. The van der Waals surface area contributed by atoms with Crippen molar-refractivity contribution in [3.8, 4) is 0 Å². The minimum absolute atomic E-state index is 0.0473. The number of thiazole rings is 1. The highest BCUT2D eigenvalue weighted by atomic mass is 32.1. The second-order valence-corrected chi connectivity index (χ2v) is 5.42. The van der Waals surface area contributed by atoms with Gasteiger partial charge in [-0.25, -0.2) is 4.98 Å². The average molecular weight is 286 g/mol. The lowest BCUT2D eigenvalue weighted by Gasteiger charge is -2.12. The van der Waals surface area contributed by atoms with Gasteiger partial charge in [-0.2, -0.15) is 0 Å². The molecule has 1 N–H and O–H groups in total. The van der Waals surface area contributed by atoms with E-state index in [4.69, 9.17) is 0 Å². The van der Waals surface area contributed by atoms with Gasteiger partial charge in [0.2, 0.25) is 5.91 Å². The van der Waals surface area contributed by atoms with Crippen molar-refractivity contribution < 1.29 is 4.79 Å². The Balaban J connectivity index is 1.63. The third-order valence-electron chi connectivity index (χ3n) is 2.99. The van der Waals surface area contributed by atoms with Crippen molar-refractivity contribution in [1.29, 1.82) is 0 Å². The molecule has 1 unspecified atom stereocenters. The number of carbonyl (C=O) groups excluding carboxylic acids is 1. The first-order valence-corrected chi connectivity index (χ1v) is 7.22. The Kier molecular flexibility index (Phi) is 3.47. The molecule has 0 fully saturated rings. The van der Waals surface area contributed by atoms with Gasteiger partial charge >= 0.3 is 0 Å². The highest BCUT2D eigenvalue weighted by molar-refractivity contribution is 7.15. The molecule has 0 saturated heterocycles. The van der Waals surface area contributed by atoms with E-state index in [1.165, 1.54) is 0 Å². The lowest BCUT2D eigenvalue weighted by molar-refractivity contribution is -0.121. The number of aromatic nitrogens is 3. The van der Waals surface area contributed by atoms with Crippen molar-refractivity contribution in [2.45, 2.75) is 19.4 Å². The van der Waals surface area contributed by atoms with Gasteiger partial charge in [0.25, 0.3) is 0 Å². The van der Waals surface area contributed by atoms with Gasteiger partial charge in [0, 0.05) is 24.0 Å². The van der Waals surface area contributed by atoms with Crippen molar-refractivity contribution in [2.75, 3.05) is 0 Å². The van der Waals surface area contributed by atoms with Gasteiger partial charge in [-0.05, 0) is 19.1 Å². The fourth-order valence-corrected chi connectivity index (χ4v) is 2.74. The second kappa shape index (κ2) is 5.42. The minimum atomic E-state index is -0.104. The molecule has 0 aliphatic carbocycles. The number of hydrogen-bond donors (Lipinski definition) is 1. The first-order chi connectivity index (χ1) is 9.72. The van der Waals surface area contributed by atoms with Crippen LogP contribution >= 0.6 is 11.3 Å². The average Bonchev–Trinajstić information content (AvgIpc) is 3.00. The maximum absolute atomic E-state index is 12.0. The van der Waals surface area contributed by atoms with Gasteiger partial charge < -0.3 is 5.32 Å². The molecule has 20 heavy (non-hydrogen) atoms. The molecule has 102 valence electrons. The second-order valence-electron chi connectivity index (χ2n) is 4.55. The summed E-state index contributed by atoms with van der Waals surface area (Å²) in [5.41, 5.74) is 1.63. The summed E-state index contributed by atoms with van der Waals surface area (Å²) in [6.07, 6.45) is 5.83. The monoisotopic (exact) mass is 286 g/mol. The van der Waals surface area contributed by atoms with Crippen LogP contribution in [0.15, 0.2) is 42.2 Å².